The second-order valence-electron chi connectivity index (χ2n) is 7.85. The zero-order valence-corrected chi connectivity index (χ0v) is 14.6. The Kier molecular flexibility index (Phi) is 4.80. The van der Waals surface area contributed by atoms with E-state index in [1.165, 1.54) is 6.08 Å². The van der Waals surface area contributed by atoms with E-state index in [1.54, 1.807) is 5.57 Å². The molecule has 2 bridgehead atoms. The molecule has 2 aliphatic carbocycles. The maximum absolute atomic E-state index is 11.6. The average molecular weight is 318 g/mol. The van der Waals surface area contributed by atoms with Crippen molar-refractivity contribution in [1.29, 1.82) is 0 Å². The summed E-state index contributed by atoms with van der Waals surface area (Å²) < 4.78 is 12.9. The Balaban J connectivity index is 1.66. The van der Waals surface area contributed by atoms with Crippen molar-refractivity contribution in [1.82, 2.24) is 0 Å². The predicted molar refractivity (Wildman–Crippen MR) is 91.0 cm³/mol. The molecule has 3 heteroatoms. The molecule has 0 aromatic rings. The van der Waals surface area contributed by atoms with E-state index in [0.717, 1.165) is 51.7 Å². The van der Waals surface area contributed by atoms with Crippen molar-refractivity contribution in [3.8, 4) is 0 Å². The first kappa shape index (κ1) is 16.9. The molecule has 0 aromatic heterocycles. The number of hydrogen-bond acceptors (Lipinski definition) is 3. The molecule has 1 heterocycles. The number of carbonyl (C=O) groups is 1. The molecular formula is C20H30O3. The van der Waals surface area contributed by atoms with E-state index >= 15 is 0 Å². The molecule has 0 aromatic carbocycles. The lowest BCUT2D eigenvalue weighted by atomic mass is 9.70. The van der Waals surface area contributed by atoms with Gasteiger partial charge in [-0.15, -0.1) is 0 Å². The SMILES string of the molecule is C=CC(=O)CCC1(CC)COC2(CCC3=CC(C)CC2C3)OC1. The second kappa shape index (κ2) is 6.52. The fraction of sp³-hybridized carbons (Fsp3) is 0.750. The molecule has 23 heavy (non-hydrogen) atoms. The molecule has 1 aliphatic heterocycles. The van der Waals surface area contributed by atoms with E-state index in [4.69, 9.17) is 9.47 Å². The summed E-state index contributed by atoms with van der Waals surface area (Å²) in [5.74, 6) is 0.881. The van der Waals surface area contributed by atoms with Gasteiger partial charge in [-0.05, 0) is 44.1 Å². The summed E-state index contributed by atoms with van der Waals surface area (Å²) in [6, 6.07) is 0. The fourth-order valence-corrected chi connectivity index (χ4v) is 4.48. The van der Waals surface area contributed by atoms with Crippen LogP contribution in [-0.4, -0.2) is 24.8 Å². The Hall–Kier alpha value is -0.930. The molecule has 3 aliphatic rings. The van der Waals surface area contributed by atoms with Crippen LogP contribution < -0.4 is 0 Å². The quantitative estimate of drug-likeness (QED) is 0.556. The Bertz CT molecular complexity index is 497. The zero-order chi connectivity index (χ0) is 16.5. The summed E-state index contributed by atoms with van der Waals surface area (Å²) in [4.78, 5) is 11.6. The smallest absolute Gasteiger partial charge is 0.171 e. The number of fused-ring (bicyclic) bond motifs is 3. The largest absolute Gasteiger partial charge is 0.349 e. The van der Waals surface area contributed by atoms with Gasteiger partial charge in [0.2, 0.25) is 0 Å². The average Bonchev–Trinajstić information content (AvgIpc) is 2.57. The van der Waals surface area contributed by atoms with Crippen molar-refractivity contribution in [3.63, 3.8) is 0 Å². The first-order valence-corrected chi connectivity index (χ1v) is 9.13. The van der Waals surface area contributed by atoms with Gasteiger partial charge in [0.05, 0.1) is 13.2 Å². The number of carbonyl (C=O) groups excluding carboxylic acids is 1. The molecule has 0 radical (unpaired) electrons. The lowest BCUT2D eigenvalue weighted by molar-refractivity contribution is -0.337. The predicted octanol–water partition coefficient (Wildman–Crippen LogP) is 4.43. The molecule has 2 fully saturated rings. The van der Waals surface area contributed by atoms with Crippen molar-refractivity contribution in [2.75, 3.05) is 13.2 Å². The molecule has 1 saturated carbocycles. The first-order chi connectivity index (χ1) is 11.0. The van der Waals surface area contributed by atoms with Crippen LogP contribution in [0.5, 0.6) is 0 Å². The zero-order valence-electron chi connectivity index (χ0n) is 14.6. The minimum atomic E-state index is -0.368. The molecule has 0 N–H and O–H groups in total. The van der Waals surface area contributed by atoms with Crippen molar-refractivity contribution < 1.29 is 14.3 Å². The van der Waals surface area contributed by atoms with E-state index < -0.39 is 0 Å². The van der Waals surface area contributed by atoms with Crippen molar-refractivity contribution in [3.05, 3.63) is 24.3 Å². The minimum Gasteiger partial charge on any atom is -0.349 e. The van der Waals surface area contributed by atoms with Crippen LogP contribution in [-0.2, 0) is 14.3 Å². The summed E-state index contributed by atoms with van der Waals surface area (Å²) in [5.41, 5.74) is 1.58. The molecule has 3 rings (SSSR count). The first-order valence-electron chi connectivity index (χ1n) is 9.13. The molecule has 3 nitrogen and oxygen atoms in total. The Morgan fingerprint density at radius 2 is 2.17 bits per heavy atom. The van der Waals surface area contributed by atoms with E-state index in [-0.39, 0.29) is 17.0 Å². The van der Waals surface area contributed by atoms with Crippen LogP contribution in [0.25, 0.3) is 0 Å². The highest BCUT2D eigenvalue weighted by Crippen LogP contribution is 2.50. The van der Waals surface area contributed by atoms with Gasteiger partial charge in [-0.25, -0.2) is 0 Å². The van der Waals surface area contributed by atoms with Crippen LogP contribution in [0, 0.1) is 17.3 Å². The Labute approximate surface area is 140 Å². The topological polar surface area (TPSA) is 35.5 Å². The highest BCUT2D eigenvalue weighted by Gasteiger charge is 2.51. The second-order valence-corrected chi connectivity index (χ2v) is 7.85. The van der Waals surface area contributed by atoms with Gasteiger partial charge < -0.3 is 9.47 Å². The fourth-order valence-electron chi connectivity index (χ4n) is 4.48. The van der Waals surface area contributed by atoms with Crippen molar-refractivity contribution >= 4 is 5.78 Å². The number of ketones is 1. The number of ether oxygens (including phenoxy) is 2. The maximum Gasteiger partial charge on any atom is 0.171 e. The van der Waals surface area contributed by atoms with E-state index in [1.807, 2.05) is 0 Å². The van der Waals surface area contributed by atoms with Gasteiger partial charge >= 0.3 is 0 Å². The van der Waals surface area contributed by atoms with Gasteiger partial charge in [0.1, 0.15) is 0 Å². The van der Waals surface area contributed by atoms with Crippen molar-refractivity contribution in [2.24, 2.45) is 17.3 Å². The summed E-state index contributed by atoms with van der Waals surface area (Å²) in [7, 11) is 0. The van der Waals surface area contributed by atoms with E-state index in [0.29, 0.717) is 18.3 Å². The third-order valence-corrected chi connectivity index (χ3v) is 6.23. The molecule has 1 saturated heterocycles. The summed E-state index contributed by atoms with van der Waals surface area (Å²) in [5, 5.41) is 0. The summed E-state index contributed by atoms with van der Waals surface area (Å²) >= 11 is 0. The van der Waals surface area contributed by atoms with E-state index in [9.17, 15) is 4.79 Å². The number of rotatable bonds is 5. The lowest BCUT2D eigenvalue weighted by Gasteiger charge is -2.53. The lowest BCUT2D eigenvalue weighted by Crippen LogP contribution is -2.55. The van der Waals surface area contributed by atoms with Crippen LogP contribution in [0.4, 0.5) is 0 Å². The van der Waals surface area contributed by atoms with Gasteiger partial charge in [-0.3, -0.25) is 4.79 Å². The Morgan fingerprint density at radius 1 is 1.43 bits per heavy atom. The Morgan fingerprint density at radius 3 is 2.83 bits per heavy atom. The van der Waals surface area contributed by atoms with Gasteiger partial charge in [0.15, 0.2) is 11.6 Å². The molecule has 1 spiro atoms. The standard InChI is InChI=1S/C20H30O3/c1-4-18(21)7-8-19(5-2)13-22-20(23-14-19)9-6-16-10-15(3)11-17(20)12-16/h4,10,15,17H,1,5-9,11-14H2,2-3H3. The molecular weight excluding hydrogens is 288 g/mol. The third kappa shape index (κ3) is 3.32. The number of allylic oxidation sites excluding steroid dienone is 3. The van der Waals surface area contributed by atoms with Gasteiger partial charge in [0.25, 0.3) is 0 Å². The van der Waals surface area contributed by atoms with Crippen LogP contribution >= 0.6 is 0 Å². The highest BCUT2D eigenvalue weighted by atomic mass is 16.7. The van der Waals surface area contributed by atoms with Crippen LogP contribution in [0.1, 0.15) is 58.8 Å². The van der Waals surface area contributed by atoms with Gasteiger partial charge in [-0.1, -0.05) is 32.1 Å². The molecule has 2 atom stereocenters. The van der Waals surface area contributed by atoms with E-state index in [2.05, 4.69) is 26.5 Å². The van der Waals surface area contributed by atoms with Crippen LogP contribution in [0.15, 0.2) is 24.3 Å². The monoisotopic (exact) mass is 318 g/mol. The minimum absolute atomic E-state index is 0.0136. The molecule has 2 unspecified atom stereocenters. The summed E-state index contributed by atoms with van der Waals surface area (Å²) in [6.45, 7) is 9.48. The van der Waals surface area contributed by atoms with Gasteiger partial charge in [-0.2, -0.15) is 0 Å². The number of hydrogen-bond donors (Lipinski definition) is 0. The van der Waals surface area contributed by atoms with Crippen LogP contribution in [0.2, 0.25) is 0 Å². The maximum atomic E-state index is 11.6. The third-order valence-electron chi connectivity index (χ3n) is 6.23. The van der Waals surface area contributed by atoms with Crippen LogP contribution in [0.3, 0.4) is 0 Å². The summed E-state index contributed by atoms with van der Waals surface area (Å²) in [6.07, 6.45) is 10.6. The molecule has 128 valence electrons. The van der Waals surface area contributed by atoms with Crippen molar-refractivity contribution in [2.45, 2.75) is 64.6 Å². The molecule has 0 amide bonds. The normalized spacial score (nSPS) is 39.8. The van der Waals surface area contributed by atoms with Gasteiger partial charge in [0, 0.05) is 24.2 Å². The highest BCUT2D eigenvalue weighted by molar-refractivity contribution is 5.88.